The van der Waals surface area contributed by atoms with Crippen LogP contribution in [0.2, 0.25) is 0 Å². The van der Waals surface area contributed by atoms with Gasteiger partial charge >= 0.3 is 0 Å². The maximum Gasteiger partial charge on any atom is 0.239 e. The van der Waals surface area contributed by atoms with E-state index in [-0.39, 0.29) is 23.0 Å². The first-order valence-electron chi connectivity index (χ1n) is 5.09. The zero-order valence-electron chi connectivity index (χ0n) is 10.2. The van der Waals surface area contributed by atoms with Crippen molar-refractivity contribution in [1.82, 2.24) is 5.32 Å². The molecule has 0 atom stereocenters. The number of rotatable bonds is 4. The number of primary sulfonamides is 1. The van der Waals surface area contributed by atoms with Crippen molar-refractivity contribution in [2.45, 2.75) is 4.90 Å². The quantitative estimate of drug-likeness (QED) is 0.614. The van der Waals surface area contributed by atoms with E-state index in [1.807, 2.05) is 0 Å². The summed E-state index contributed by atoms with van der Waals surface area (Å²) < 4.78 is 22.5. The molecule has 1 rings (SSSR count). The second kappa shape index (κ2) is 5.23. The van der Waals surface area contributed by atoms with E-state index in [4.69, 9.17) is 10.9 Å². The van der Waals surface area contributed by atoms with Crippen LogP contribution in [0.5, 0.6) is 0 Å². The average Bonchev–Trinajstić information content (AvgIpc) is 2.26. The molecule has 1 aromatic carbocycles. The van der Waals surface area contributed by atoms with Gasteiger partial charge < -0.3 is 16.0 Å². The number of nitrogen functional groups attached to an aromatic ring is 1. The molecule has 100 valence electrons. The summed E-state index contributed by atoms with van der Waals surface area (Å²) in [7, 11) is -0.654. The Morgan fingerprint density at radius 1 is 1.39 bits per heavy atom. The lowest BCUT2D eigenvalue weighted by molar-refractivity contribution is -0.119. The Morgan fingerprint density at radius 3 is 2.50 bits per heavy atom. The molecule has 7 nitrogen and oxygen atoms in total. The molecular formula is C10H16N4O3S. The number of anilines is 2. The average molecular weight is 272 g/mol. The van der Waals surface area contributed by atoms with E-state index in [0.29, 0.717) is 5.69 Å². The van der Waals surface area contributed by atoms with Crippen molar-refractivity contribution in [1.29, 1.82) is 0 Å². The molecule has 0 saturated heterocycles. The molecule has 0 bridgehead atoms. The van der Waals surface area contributed by atoms with Crippen LogP contribution in [0.1, 0.15) is 0 Å². The van der Waals surface area contributed by atoms with Gasteiger partial charge in [0.25, 0.3) is 0 Å². The highest BCUT2D eigenvalue weighted by atomic mass is 32.2. The van der Waals surface area contributed by atoms with E-state index in [0.717, 1.165) is 0 Å². The molecule has 18 heavy (non-hydrogen) atoms. The summed E-state index contributed by atoms with van der Waals surface area (Å²) in [5.41, 5.74) is 6.38. The van der Waals surface area contributed by atoms with Crippen molar-refractivity contribution in [2.75, 3.05) is 31.3 Å². The molecule has 0 unspecified atom stereocenters. The number of hydrogen-bond donors (Lipinski definition) is 3. The number of carbonyl (C=O) groups is 1. The Hall–Kier alpha value is -1.80. The topological polar surface area (TPSA) is 119 Å². The van der Waals surface area contributed by atoms with Crippen molar-refractivity contribution >= 4 is 27.3 Å². The van der Waals surface area contributed by atoms with Crippen LogP contribution in [0.15, 0.2) is 23.1 Å². The molecule has 8 heteroatoms. The third kappa shape index (κ3) is 3.60. The molecule has 0 aliphatic rings. The largest absolute Gasteiger partial charge is 0.399 e. The van der Waals surface area contributed by atoms with Gasteiger partial charge in [-0.2, -0.15) is 0 Å². The van der Waals surface area contributed by atoms with Gasteiger partial charge in [-0.05, 0) is 18.2 Å². The Labute approximate surface area is 106 Å². The van der Waals surface area contributed by atoms with E-state index < -0.39 is 10.0 Å². The number of carbonyl (C=O) groups excluding carboxylic acids is 1. The van der Waals surface area contributed by atoms with Crippen molar-refractivity contribution in [3.8, 4) is 0 Å². The molecule has 0 saturated carbocycles. The van der Waals surface area contributed by atoms with Crippen LogP contribution in [0.25, 0.3) is 0 Å². The molecule has 0 spiro atoms. The second-order valence-electron chi connectivity index (χ2n) is 3.83. The molecule has 0 aromatic heterocycles. The smallest absolute Gasteiger partial charge is 0.239 e. The third-order valence-electron chi connectivity index (χ3n) is 2.34. The highest BCUT2D eigenvalue weighted by Crippen LogP contribution is 2.22. The van der Waals surface area contributed by atoms with Gasteiger partial charge in [-0.1, -0.05) is 0 Å². The monoisotopic (exact) mass is 272 g/mol. The molecule has 0 aliphatic heterocycles. The van der Waals surface area contributed by atoms with Crippen LogP contribution in [-0.2, 0) is 14.8 Å². The summed E-state index contributed by atoms with van der Waals surface area (Å²) in [6, 6.07) is 4.21. The van der Waals surface area contributed by atoms with E-state index in [1.54, 1.807) is 18.0 Å². The number of sulfonamides is 1. The molecule has 5 N–H and O–H groups in total. The van der Waals surface area contributed by atoms with Crippen molar-refractivity contribution in [3.63, 3.8) is 0 Å². The summed E-state index contributed by atoms with van der Waals surface area (Å²) >= 11 is 0. The Kier molecular flexibility index (Phi) is 4.15. The Balaban J connectivity index is 3.10. The fraction of sp³-hybridized carbons (Fsp3) is 0.300. The van der Waals surface area contributed by atoms with Gasteiger partial charge in [-0.25, -0.2) is 13.6 Å². The van der Waals surface area contributed by atoms with Crippen LogP contribution >= 0.6 is 0 Å². The fourth-order valence-electron chi connectivity index (χ4n) is 1.38. The Morgan fingerprint density at radius 2 is 2.00 bits per heavy atom. The predicted molar refractivity (Wildman–Crippen MR) is 69.6 cm³/mol. The number of nitrogens with zero attached hydrogens (tertiary/aromatic N) is 1. The molecule has 1 amide bonds. The SMILES string of the molecule is CNC(=O)CN(C)c1cc(N)cc(S(N)(=O)=O)c1. The minimum absolute atomic E-state index is 0.0822. The predicted octanol–water partition coefficient (Wildman–Crippen LogP) is -0.902. The lowest BCUT2D eigenvalue weighted by Crippen LogP contribution is -2.33. The molecule has 1 aromatic rings. The zero-order chi connectivity index (χ0) is 13.9. The van der Waals surface area contributed by atoms with E-state index in [9.17, 15) is 13.2 Å². The first kappa shape index (κ1) is 14.3. The van der Waals surface area contributed by atoms with Crippen LogP contribution < -0.4 is 21.1 Å². The number of nitrogens with one attached hydrogen (secondary N) is 1. The van der Waals surface area contributed by atoms with Gasteiger partial charge in [-0.3, -0.25) is 4.79 Å². The van der Waals surface area contributed by atoms with Crippen LogP contribution in [0.4, 0.5) is 11.4 Å². The maximum absolute atomic E-state index is 11.3. The van der Waals surface area contributed by atoms with Gasteiger partial charge in [0.2, 0.25) is 15.9 Å². The molecule has 0 heterocycles. The van der Waals surface area contributed by atoms with E-state index in [1.165, 1.54) is 19.2 Å². The second-order valence-corrected chi connectivity index (χ2v) is 5.40. The van der Waals surface area contributed by atoms with Crippen molar-refractivity contribution in [2.24, 2.45) is 5.14 Å². The molecular weight excluding hydrogens is 256 g/mol. The lowest BCUT2D eigenvalue weighted by atomic mass is 10.2. The number of hydrogen-bond acceptors (Lipinski definition) is 5. The number of benzene rings is 1. The first-order chi connectivity index (χ1) is 8.24. The summed E-state index contributed by atoms with van der Waals surface area (Å²) in [4.78, 5) is 12.7. The van der Waals surface area contributed by atoms with Gasteiger partial charge in [0, 0.05) is 25.5 Å². The number of amides is 1. The van der Waals surface area contributed by atoms with Gasteiger partial charge in [0.1, 0.15) is 0 Å². The van der Waals surface area contributed by atoms with Gasteiger partial charge in [0.05, 0.1) is 11.4 Å². The number of likely N-dealkylation sites (N-methyl/N-ethyl adjacent to an activating group) is 2. The fourth-order valence-corrected chi connectivity index (χ4v) is 1.96. The molecule has 0 fully saturated rings. The van der Waals surface area contributed by atoms with Crippen LogP contribution in [-0.4, -0.2) is 35.0 Å². The minimum atomic E-state index is -3.82. The normalized spacial score (nSPS) is 11.1. The highest BCUT2D eigenvalue weighted by molar-refractivity contribution is 7.89. The zero-order valence-corrected chi connectivity index (χ0v) is 11.0. The summed E-state index contributed by atoms with van der Waals surface area (Å²) in [6.45, 7) is 0.0873. The molecule has 0 radical (unpaired) electrons. The van der Waals surface area contributed by atoms with Crippen LogP contribution in [0.3, 0.4) is 0 Å². The standard InChI is InChI=1S/C10H16N4O3S/c1-13-10(15)6-14(2)8-3-7(11)4-9(5-8)18(12,16)17/h3-5H,6,11H2,1-2H3,(H,13,15)(H2,12,16,17). The summed E-state index contributed by atoms with van der Waals surface area (Å²) in [5.74, 6) is -0.197. The first-order valence-corrected chi connectivity index (χ1v) is 6.63. The van der Waals surface area contributed by atoms with Crippen LogP contribution in [0, 0.1) is 0 Å². The maximum atomic E-state index is 11.3. The highest BCUT2D eigenvalue weighted by Gasteiger charge is 2.13. The van der Waals surface area contributed by atoms with E-state index >= 15 is 0 Å². The van der Waals surface area contributed by atoms with Crippen molar-refractivity contribution < 1.29 is 13.2 Å². The summed E-state index contributed by atoms with van der Waals surface area (Å²) in [5, 5.41) is 7.51. The molecule has 0 aliphatic carbocycles. The van der Waals surface area contributed by atoms with Crippen molar-refractivity contribution in [3.05, 3.63) is 18.2 Å². The minimum Gasteiger partial charge on any atom is -0.399 e. The third-order valence-corrected chi connectivity index (χ3v) is 3.24. The van der Waals surface area contributed by atoms with E-state index in [2.05, 4.69) is 5.32 Å². The van der Waals surface area contributed by atoms with Gasteiger partial charge in [-0.15, -0.1) is 0 Å². The number of nitrogens with two attached hydrogens (primary N) is 2. The lowest BCUT2D eigenvalue weighted by Gasteiger charge is -2.19. The summed E-state index contributed by atoms with van der Waals surface area (Å²) in [6.07, 6.45) is 0. The Bertz CT molecular complexity index is 556. The van der Waals surface area contributed by atoms with Gasteiger partial charge in [0.15, 0.2) is 0 Å².